The first kappa shape index (κ1) is 22.1. The quantitative estimate of drug-likeness (QED) is 0.643. The zero-order valence-electron chi connectivity index (χ0n) is 14.8. The third-order valence-corrected chi connectivity index (χ3v) is 4.09. The summed E-state index contributed by atoms with van der Waals surface area (Å²) in [5, 5.41) is 9.11. The Hall–Kier alpha value is -0.850. The number of hydrogen-bond donors (Lipinski definition) is 3. The molecule has 6 nitrogen and oxygen atoms in total. The molecular formula is C16H32ClN3O3. The van der Waals surface area contributed by atoms with Crippen molar-refractivity contribution in [2.24, 2.45) is 10.8 Å². The molecule has 0 aromatic heterocycles. The van der Waals surface area contributed by atoms with Gasteiger partial charge in [-0.1, -0.05) is 20.8 Å². The second-order valence-electron chi connectivity index (χ2n) is 7.22. The number of methoxy groups -OCH3 is 1. The Morgan fingerprint density at radius 2 is 1.78 bits per heavy atom. The summed E-state index contributed by atoms with van der Waals surface area (Å²) < 4.78 is 5.33. The minimum Gasteiger partial charge on any atom is -0.384 e. The van der Waals surface area contributed by atoms with Crippen molar-refractivity contribution < 1.29 is 14.3 Å². The molecule has 1 heterocycles. The van der Waals surface area contributed by atoms with Crippen LogP contribution in [-0.4, -0.2) is 51.7 Å². The van der Waals surface area contributed by atoms with E-state index in [0.717, 1.165) is 25.9 Å². The van der Waals surface area contributed by atoms with Gasteiger partial charge in [-0.15, -0.1) is 12.4 Å². The van der Waals surface area contributed by atoms with E-state index in [1.165, 1.54) is 0 Å². The van der Waals surface area contributed by atoms with E-state index in [9.17, 15) is 9.59 Å². The molecule has 0 bridgehead atoms. The lowest BCUT2D eigenvalue weighted by molar-refractivity contribution is -0.128. The van der Waals surface area contributed by atoms with Gasteiger partial charge < -0.3 is 20.7 Å². The van der Waals surface area contributed by atoms with Crippen LogP contribution in [-0.2, 0) is 14.3 Å². The fourth-order valence-electron chi connectivity index (χ4n) is 2.56. The predicted molar refractivity (Wildman–Crippen MR) is 93.8 cm³/mol. The van der Waals surface area contributed by atoms with Gasteiger partial charge in [-0.25, -0.2) is 0 Å². The van der Waals surface area contributed by atoms with E-state index in [2.05, 4.69) is 16.0 Å². The Morgan fingerprint density at radius 1 is 1.17 bits per heavy atom. The number of hydrogen-bond acceptors (Lipinski definition) is 4. The maximum Gasteiger partial charge on any atom is 0.225 e. The second-order valence-corrected chi connectivity index (χ2v) is 7.22. The highest BCUT2D eigenvalue weighted by Crippen LogP contribution is 2.28. The van der Waals surface area contributed by atoms with Crippen LogP contribution in [0.25, 0.3) is 0 Å². The minimum absolute atomic E-state index is 0. The largest absolute Gasteiger partial charge is 0.384 e. The topological polar surface area (TPSA) is 79.5 Å². The molecule has 136 valence electrons. The molecular weight excluding hydrogens is 318 g/mol. The van der Waals surface area contributed by atoms with E-state index in [0.29, 0.717) is 26.1 Å². The lowest BCUT2D eigenvalue weighted by Gasteiger charge is -2.37. The summed E-state index contributed by atoms with van der Waals surface area (Å²) in [7, 11) is 1.70. The highest BCUT2D eigenvalue weighted by molar-refractivity contribution is 5.85. The van der Waals surface area contributed by atoms with E-state index >= 15 is 0 Å². The zero-order chi connectivity index (χ0) is 16.6. The Morgan fingerprint density at radius 3 is 2.30 bits per heavy atom. The minimum atomic E-state index is -0.423. The molecule has 1 fully saturated rings. The summed E-state index contributed by atoms with van der Waals surface area (Å²) in [6.07, 6.45) is 2.31. The fourth-order valence-corrected chi connectivity index (χ4v) is 2.56. The Bertz CT molecular complexity index is 372. The number of ether oxygens (including phenoxy) is 1. The number of amides is 2. The Balaban J connectivity index is 0.00000484. The number of piperidine rings is 1. The summed E-state index contributed by atoms with van der Waals surface area (Å²) in [6, 6.07) is 0. The molecule has 1 aliphatic rings. The van der Waals surface area contributed by atoms with Crippen LogP contribution < -0.4 is 16.0 Å². The van der Waals surface area contributed by atoms with E-state index in [1.54, 1.807) is 7.11 Å². The van der Waals surface area contributed by atoms with Gasteiger partial charge in [0, 0.05) is 37.5 Å². The molecule has 0 aromatic carbocycles. The molecule has 0 unspecified atom stereocenters. The van der Waals surface area contributed by atoms with Crippen LogP contribution in [0, 0.1) is 10.8 Å². The van der Waals surface area contributed by atoms with Gasteiger partial charge in [0.05, 0.1) is 6.61 Å². The summed E-state index contributed by atoms with van der Waals surface area (Å²) >= 11 is 0. The first-order valence-corrected chi connectivity index (χ1v) is 8.04. The molecule has 2 amide bonds. The molecule has 0 atom stereocenters. The highest BCUT2D eigenvalue weighted by Gasteiger charge is 2.32. The first-order valence-electron chi connectivity index (χ1n) is 8.04. The molecule has 23 heavy (non-hydrogen) atoms. The van der Waals surface area contributed by atoms with Crippen molar-refractivity contribution in [1.29, 1.82) is 0 Å². The molecule has 3 N–H and O–H groups in total. The lowest BCUT2D eigenvalue weighted by Crippen LogP contribution is -2.47. The van der Waals surface area contributed by atoms with Crippen LogP contribution in [0.4, 0.5) is 0 Å². The van der Waals surface area contributed by atoms with Crippen molar-refractivity contribution in [3.8, 4) is 0 Å². The molecule has 1 saturated heterocycles. The molecule has 0 aliphatic carbocycles. The van der Waals surface area contributed by atoms with E-state index in [1.807, 2.05) is 20.8 Å². The number of nitrogens with one attached hydrogen (secondary N) is 3. The van der Waals surface area contributed by atoms with E-state index in [-0.39, 0.29) is 29.6 Å². The van der Waals surface area contributed by atoms with Gasteiger partial charge in [-0.2, -0.15) is 0 Å². The van der Waals surface area contributed by atoms with Crippen LogP contribution in [0.5, 0.6) is 0 Å². The maximum atomic E-state index is 11.9. The third kappa shape index (κ3) is 7.99. The SMILES string of the molecule is COCC1(CNC(=O)CCNC(=O)C(C)(C)C)CCNCC1.Cl. The van der Waals surface area contributed by atoms with Crippen LogP contribution >= 0.6 is 12.4 Å². The maximum absolute atomic E-state index is 11.9. The van der Waals surface area contributed by atoms with Crippen LogP contribution in [0.15, 0.2) is 0 Å². The Labute approximate surface area is 145 Å². The summed E-state index contributed by atoms with van der Waals surface area (Å²) in [5.41, 5.74) is -0.390. The van der Waals surface area contributed by atoms with Gasteiger partial charge in [-0.3, -0.25) is 9.59 Å². The third-order valence-electron chi connectivity index (χ3n) is 4.09. The van der Waals surface area contributed by atoms with Crippen molar-refractivity contribution >= 4 is 24.2 Å². The lowest BCUT2D eigenvalue weighted by atomic mass is 9.79. The van der Waals surface area contributed by atoms with Crippen LogP contribution in [0.1, 0.15) is 40.0 Å². The molecule has 0 saturated carbocycles. The van der Waals surface area contributed by atoms with E-state index < -0.39 is 5.41 Å². The van der Waals surface area contributed by atoms with Crippen LogP contribution in [0.3, 0.4) is 0 Å². The molecule has 0 aromatic rings. The van der Waals surface area contributed by atoms with Crippen molar-refractivity contribution in [2.45, 2.75) is 40.0 Å². The van der Waals surface area contributed by atoms with Gasteiger partial charge in [0.1, 0.15) is 0 Å². The van der Waals surface area contributed by atoms with Gasteiger partial charge in [0.25, 0.3) is 0 Å². The fraction of sp³-hybridized carbons (Fsp3) is 0.875. The average molecular weight is 350 g/mol. The summed E-state index contributed by atoms with van der Waals surface area (Å²) in [5.74, 6) is -0.0577. The van der Waals surface area contributed by atoms with Crippen molar-refractivity contribution in [1.82, 2.24) is 16.0 Å². The smallest absolute Gasteiger partial charge is 0.225 e. The standard InChI is InChI=1S/C16H31N3O3.ClH/c1-15(2,3)14(21)18-8-5-13(20)19-11-16(12-22-4)6-9-17-10-7-16;/h17H,5-12H2,1-4H3,(H,18,21)(H,19,20);1H. The van der Waals surface area contributed by atoms with E-state index in [4.69, 9.17) is 4.74 Å². The summed E-state index contributed by atoms with van der Waals surface area (Å²) in [4.78, 5) is 23.7. The molecule has 1 rings (SSSR count). The first-order chi connectivity index (χ1) is 10.3. The molecule has 0 radical (unpaired) electrons. The molecule has 0 spiro atoms. The predicted octanol–water partition coefficient (Wildman–Crippen LogP) is 1.09. The number of carbonyl (C=O) groups is 2. The monoisotopic (exact) mass is 349 g/mol. The number of halogens is 1. The number of rotatable bonds is 7. The molecule has 7 heteroatoms. The second kappa shape index (κ2) is 10.1. The Kier molecular flexibility index (Phi) is 9.73. The summed E-state index contributed by atoms with van der Waals surface area (Å²) in [6.45, 7) is 9.16. The normalized spacial score (nSPS) is 17.0. The zero-order valence-corrected chi connectivity index (χ0v) is 15.6. The van der Waals surface area contributed by atoms with Gasteiger partial charge in [-0.05, 0) is 25.9 Å². The molecule has 1 aliphatic heterocycles. The van der Waals surface area contributed by atoms with Crippen molar-refractivity contribution in [3.63, 3.8) is 0 Å². The van der Waals surface area contributed by atoms with Gasteiger partial charge >= 0.3 is 0 Å². The highest BCUT2D eigenvalue weighted by atomic mass is 35.5. The average Bonchev–Trinajstić information content (AvgIpc) is 2.45. The van der Waals surface area contributed by atoms with Gasteiger partial charge in [0.15, 0.2) is 0 Å². The van der Waals surface area contributed by atoms with Crippen molar-refractivity contribution in [3.05, 3.63) is 0 Å². The van der Waals surface area contributed by atoms with Crippen LogP contribution in [0.2, 0.25) is 0 Å². The van der Waals surface area contributed by atoms with Gasteiger partial charge in [0.2, 0.25) is 11.8 Å². The van der Waals surface area contributed by atoms with Crippen molar-refractivity contribution in [2.75, 3.05) is 39.9 Å². The number of carbonyl (C=O) groups excluding carboxylic acids is 2.